The van der Waals surface area contributed by atoms with Gasteiger partial charge in [-0.3, -0.25) is 4.79 Å². The Kier molecular flexibility index (Phi) is 6.97. The molecule has 2 aliphatic rings. The van der Waals surface area contributed by atoms with Crippen molar-refractivity contribution in [1.29, 1.82) is 0 Å². The number of nitrogens with one attached hydrogen (secondary N) is 1. The van der Waals surface area contributed by atoms with Crippen LogP contribution in [-0.4, -0.2) is 60.2 Å². The lowest BCUT2D eigenvalue weighted by Gasteiger charge is -2.28. The predicted molar refractivity (Wildman–Crippen MR) is 120 cm³/mol. The lowest BCUT2D eigenvalue weighted by Crippen LogP contribution is -2.36. The zero-order chi connectivity index (χ0) is 20.9. The second-order valence-corrected chi connectivity index (χ2v) is 8.74. The predicted octanol–water partition coefficient (Wildman–Crippen LogP) is 3.25. The number of thioether (sulfide) groups is 1. The van der Waals surface area contributed by atoms with E-state index in [9.17, 15) is 4.79 Å². The third kappa shape index (κ3) is 5.17. The van der Waals surface area contributed by atoms with Gasteiger partial charge in [0.15, 0.2) is 5.16 Å². The fourth-order valence-corrected chi connectivity index (χ4v) is 4.75. The van der Waals surface area contributed by atoms with E-state index in [1.807, 2.05) is 19.1 Å². The minimum absolute atomic E-state index is 0.0268. The first kappa shape index (κ1) is 21.2. The van der Waals surface area contributed by atoms with Gasteiger partial charge in [0.1, 0.15) is 0 Å². The Bertz CT molecular complexity index is 856. The van der Waals surface area contributed by atoms with Crippen molar-refractivity contribution in [3.8, 4) is 0 Å². The first-order valence-corrected chi connectivity index (χ1v) is 11.6. The van der Waals surface area contributed by atoms with Crippen molar-refractivity contribution >= 4 is 29.0 Å². The van der Waals surface area contributed by atoms with Crippen LogP contribution in [0.3, 0.4) is 0 Å². The van der Waals surface area contributed by atoms with E-state index in [1.54, 1.807) is 0 Å². The summed E-state index contributed by atoms with van der Waals surface area (Å²) in [6, 6.07) is 8.02. The van der Waals surface area contributed by atoms with E-state index in [1.165, 1.54) is 11.8 Å². The van der Waals surface area contributed by atoms with Gasteiger partial charge in [-0.2, -0.15) is 0 Å². The molecule has 2 fully saturated rings. The molecule has 0 radical (unpaired) electrons. The number of nitrogens with zero attached hydrogens (tertiary/aromatic N) is 3. The monoisotopic (exact) mass is 430 g/mol. The van der Waals surface area contributed by atoms with Crippen LogP contribution in [0.2, 0.25) is 0 Å². The van der Waals surface area contributed by atoms with Gasteiger partial charge in [0.05, 0.1) is 37.3 Å². The first-order chi connectivity index (χ1) is 14.6. The summed E-state index contributed by atoms with van der Waals surface area (Å²) < 4.78 is 13.4. The van der Waals surface area contributed by atoms with E-state index >= 15 is 0 Å². The van der Waals surface area contributed by atoms with E-state index in [-0.39, 0.29) is 12.0 Å². The summed E-state index contributed by atoms with van der Waals surface area (Å²) in [5, 5.41) is 3.88. The van der Waals surface area contributed by atoms with E-state index in [0.29, 0.717) is 5.75 Å². The second-order valence-electron chi connectivity index (χ2n) is 7.79. The molecule has 4 rings (SSSR count). The topological polar surface area (TPSA) is 68.6 Å². The fraction of sp³-hybridized carbons (Fsp3) is 0.545. The quantitative estimate of drug-likeness (QED) is 0.680. The average Bonchev–Trinajstić information content (AvgIpc) is 3.37. The van der Waals surface area contributed by atoms with Crippen LogP contribution in [0.5, 0.6) is 0 Å². The number of amides is 1. The summed E-state index contributed by atoms with van der Waals surface area (Å²) in [5.74, 6) is 0.299. The number of imidazole rings is 1. The fourth-order valence-electron chi connectivity index (χ4n) is 3.84. The largest absolute Gasteiger partial charge is 0.378 e. The lowest BCUT2D eigenvalue weighted by molar-refractivity contribution is -0.113. The molecule has 1 N–H and O–H groups in total. The maximum atomic E-state index is 12.5. The molecule has 8 heteroatoms. The molecule has 2 aromatic rings. The van der Waals surface area contributed by atoms with Crippen molar-refractivity contribution in [3.05, 3.63) is 35.7 Å². The van der Waals surface area contributed by atoms with Gasteiger partial charge in [-0.05, 0) is 51.0 Å². The number of hydrogen-bond donors (Lipinski definition) is 1. The van der Waals surface area contributed by atoms with Crippen molar-refractivity contribution in [2.75, 3.05) is 48.9 Å². The average molecular weight is 431 g/mol. The second kappa shape index (κ2) is 9.85. The van der Waals surface area contributed by atoms with Crippen molar-refractivity contribution < 1.29 is 14.3 Å². The van der Waals surface area contributed by atoms with Gasteiger partial charge in [0.25, 0.3) is 0 Å². The number of aromatic nitrogens is 2. The van der Waals surface area contributed by atoms with Crippen molar-refractivity contribution in [2.24, 2.45) is 0 Å². The number of benzene rings is 1. The maximum Gasteiger partial charge on any atom is 0.234 e. The van der Waals surface area contributed by atoms with Gasteiger partial charge in [-0.15, -0.1) is 0 Å². The number of carbonyl (C=O) groups is 1. The Morgan fingerprint density at radius 1 is 1.20 bits per heavy atom. The third-order valence-corrected chi connectivity index (χ3v) is 6.67. The molecule has 162 valence electrons. The molecule has 7 nitrogen and oxygen atoms in total. The van der Waals surface area contributed by atoms with Crippen LogP contribution < -0.4 is 10.2 Å². The normalized spacial score (nSPS) is 19.3. The molecule has 0 saturated carbocycles. The molecule has 0 bridgehead atoms. The van der Waals surface area contributed by atoms with Crippen LogP contribution in [0.4, 0.5) is 11.4 Å². The van der Waals surface area contributed by atoms with Crippen LogP contribution in [0, 0.1) is 13.8 Å². The minimum Gasteiger partial charge on any atom is -0.378 e. The zero-order valence-electron chi connectivity index (χ0n) is 17.7. The van der Waals surface area contributed by atoms with Crippen LogP contribution in [0.1, 0.15) is 24.2 Å². The molecular formula is C22H30N4O3S. The summed E-state index contributed by atoms with van der Waals surface area (Å²) in [4.78, 5) is 19.5. The number of aryl methyl sites for hydroxylation is 1. The highest BCUT2D eigenvalue weighted by Gasteiger charge is 2.21. The van der Waals surface area contributed by atoms with Crippen LogP contribution in [0.15, 0.2) is 29.4 Å². The summed E-state index contributed by atoms with van der Waals surface area (Å²) in [6.07, 6.45) is 2.45. The number of rotatable bonds is 7. The van der Waals surface area contributed by atoms with E-state index < -0.39 is 0 Å². The Balaban J connectivity index is 1.32. The molecular weight excluding hydrogens is 400 g/mol. The van der Waals surface area contributed by atoms with Gasteiger partial charge < -0.3 is 24.3 Å². The maximum absolute atomic E-state index is 12.5. The standard InChI is InChI=1S/C22H30N4O3S/c1-16-17(2)26(14-20-4-3-11-29-20)22(23-16)30-15-21(27)24-18-5-7-19(8-6-18)25-9-12-28-13-10-25/h5-8,20H,3-4,9-15H2,1-2H3,(H,24,27)/t20-/m0/s1. The Hall–Kier alpha value is -2.03. The molecule has 1 aromatic carbocycles. The smallest absolute Gasteiger partial charge is 0.234 e. The Morgan fingerprint density at radius 2 is 1.97 bits per heavy atom. The van der Waals surface area contributed by atoms with Gasteiger partial charge >= 0.3 is 0 Å². The molecule has 0 aliphatic carbocycles. The number of anilines is 2. The summed E-state index contributed by atoms with van der Waals surface area (Å²) in [7, 11) is 0. The van der Waals surface area contributed by atoms with Crippen molar-refractivity contribution in [2.45, 2.75) is 44.5 Å². The first-order valence-electron chi connectivity index (χ1n) is 10.6. The van der Waals surface area contributed by atoms with Gasteiger partial charge in [-0.1, -0.05) is 11.8 Å². The van der Waals surface area contributed by atoms with Gasteiger partial charge in [0.2, 0.25) is 5.91 Å². The highest BCUT2D eigenvalue weighted by molar-refractivity contribution is 7.99. The molecule has 1 aromatic heterocycles. The number of hydrogen-bond acceptors (Lipinski definition) is 6. The molecule has 1 atom stereocenters. The van der Waals surface area contributed by atoms with Crippen LogP contribution in [-0.2, 0) is 20.8 Å². The Morgan fingerprint density at radius 3 is 2.67 bits per heavy atom. The lowest BCUT2D eigenvalue weighted by atomic mass is 10.2. The molecule has 0 spiro atoms. The summed E-state index contributed by atoms with van der Waals surface area (Å²) in [6.45, 7) is 9.07. The number of morpholine rings is 1. The summed E-state index contributed by atoms with van der Waals surface area (Å²) >= 11 is 1.48. The molecule has 2 saturated heterocycles. The van der Waals surface area contributed by atoms with Gasteiger partial charge in [-0.25, -0.2) is 4.98 Å². The third-order valence-electron chi connectivity index (χ3n) is 5.69. The SMILES string of the molecule is Cc1nc(SCC(=O)Nc2ccc(N3CCOCC3)cc2)n(C[C@@H]2CCCO2)c1C. The highest BCUT2D eigenvalue weighted by Crippen LogP contribution is 2.25. The molecule has 3 heterocycles. The van der Waals surface area contributed by atoms with Crippen LogP contribution in [0.25, 0.3) is 0 Å². The number of carbonyl (C=O) groups excluding carboxylic acids is 1. The van der Waals surface area contributed by atoms with Gasteiger partial charge in [0, 0.05) is 36.8 Å². The Labute approximate surface area is 182 Å². The minimum atomic E-state index is -0.0268. The zero-order valence-corrected chi connectivity index (χ0v) is 18.5. The number of ether oxygens (including phenoxy) is 2. The van der Waals surface area contributed by atoms with Crippen LogP contribution >= 0.6 is 11.8 Å². The molecule has 2 aliphatic heterocycles. The van der Waals surface area contributed by atoms with Crippen molar-refractivity contribution in [3.63, 3.8) is 0 Å². The molecule has 0 unspecified atom stereocenters. The van der Waals surface area contributed by atoms with E-state index in [0.717, 1.165) is 80.2 Å². The molecule has 30 heavy (non-hydrogen) atoms. The van der Waals surface area contributed by atoms with E-state index in [2.05, 4.69) is 38.8 Å². The van der Waals surface area contributed by atoms with Crippen molar-refractivity contribution in [1.82, 2.24) is 9.55 Å². The molecule has 1 amide bonds. The van der Waals surface area contributed by atoms with E-state index in [4.69, 9.17) is 9.47 Å². The highest BCUT2D eigenvalue weighted by atomic mass is 32.2. The summed E-state index contributed by atoms with van der Waals surface area (Å²) in [5.41, 5.74) is 4.13.